The van der Waals surface area contributed by atoms with Gasteiger partial charge >= 0.3 is 0 Å². The van der Waals surface area contributed by atoms with Crippen molar-refractivity contribution in [3.8, 4) is 0 Å². The summed E-state index contributed by atoms with van der Waals surface area (Å²) in [6, 6.07) is 2.16. The average molecular weight is 242 g/mol. The minimum Gasteiger partial charge on any atom is -0.392 e. The number of aryl methyl sites for hydroxylation is 1. The Balaban J connectivity index is 1.74. The molecule has 0 saturated carbocycles. The van der Waals surface area contributed by atoms with Crippen molar-refractivity contribution in [3.05, 3.63) is 22.4 Å². The lowest BCUT2D eigenvalue weighted by Gasteiger charge is -2.26. The quantitative estimate of drug-likeness (QED) is 0.874. The molecule has 1 aromatic heterocycles. The maximum absolute atomic E-state index is 10.1. The van der Waals surface area contributed by atoms with Gasteiger partial charge in [0.15, 0.2) is 0 Å². The van der Waals surface area contributed by atoms with Gasteiger partial charge in [-0.1, -0.05) is 6.42 Å². The molecule has 0 aliphatic carbocycles. The summed E-state index contributed by atoms with van der Waals surface area (Å²) in [6.07, 6.45) is 5.69. The zero-order chi connectivity index (χ0) is 10.5. The van der Waals surface area contributed by atoms with E-state index in [9.17, 15) is 5.11 Å². The topological polar surface area (TPSA) is 20.2 Å². The third-order valence-corrected chi connectivity index (χ3v) is 5.19. The zero-order valence-corrected chi connectivity index (χ0v) is 10.5. The molecule has 1 nitrogen and oxygen atoms in total. The number of rotatable bonds is 4. The molecule has 0 amide bonds. The van der Waals surface area contributed by atoms with Gasteiger partial charge in [-0.25, -0.2) is 0 Å². The highest BCUT2D eigenvalue weighted by atomic mass is 32.2. The Morgan fingerprint density at radius 3 is 3.07 bits per heavy atom. The van der Waals surface area contributed by atoms with Crippen molar-refractivity contribution in [1.82, 2.24) is 0 Å². The fourth-order valence-corrected chi connectivity index (χ4v) is 4.07. The van der Waals surface area contributed by atoms with Crippen molar-refractivity contribution in [2.45, 2.75) is 43.5 Å². The molecule has 1 saturated heterocycles. The Kier molecular flexibility index (Phi) is 4.54. The molecule has 1 aliphatic rings. The van der Waals surface area contributed by atoms with Gasteiger partial charge in [-0.2, -0.15) is 23.1 Å². The van der Waals surface area contributed by atoms with E-state index < -0.39 is 0 Å². The van der Waals surface area contributed by atoms with Gasteiger partial charge in [-0.05, 0) is 53.8 Å². The summed E-state index contributed by atoms with van der Waals surface area (Å²) >= 11 is 3.70. The molecule has 0 spiro atoms. The molecule has 2 rings (SSSR count). The van der Waals surface area contributed by atoms with Gasteiger partial charge in [0.05, 0.1) is 6.10 Å². The molecule has 15 heavy (non-hydrogen) atoms. The second kappa shape index (κ2) is 5.92. The van der Waals surface area contributed by atoms with Gasteiger partial charge < -0.3 is 5.11 Å². The van der Waals surface area contributed by atoms with Crippen LogP contribution < -0.4 is 0 Å². The first-order chi connectivity index (χ1) is 7.36. The van der Waals surface area contributed by atoms with Crippen molar-refractivity contribution < 1.29 is 5.11 Å². The molecule has 0 radical (unpaired) electrons. The van der Waals surface area contributed by atoms with E-state index in [1.807, 2.05) is 11.8 Å². The number of aliphatic hydroxyl groups excluding tert-OH is 1. The molecular formula is C12H18OS2. The van der Waals surface area contributed by atoms with Crippen LogP contribution >= 0.6 is 23.1 Å². The van der Waals surface area contributed by atoms with Gasteiger partial charge in [0.2, 0.25) is 0 Å². The van der Waals surface area contributed by atoms with Crippen LogP contribution in [0.1, 0.15) is 31.2 Å². The maximum Gasteiger partial charge on any atom is 0.0661 e. The van der Waals surface area contributed by atoms with E-state index >= 15 is 0 Å². The van der Waals surface area contributed by atoms with E-state index in [0.29, 0.717) is 5.25 Å². The molecule has 2 heterocycles. The van der Waals surface area contributed by atoms with Crippen LogP contribution in [0.5, 0.6) is 0 Å². The monoisotopic (exact) mass is 242 g/mol. The first-order valence-electron chi connectivity index (χ1n) is 5.67. The average Bonchev–Trinajstić information content (AvgIpc) is 2.80. The van der Waals surface area contributed by atoms with E-state index in [2.05, 4.69) is 16.8 Å². The van der Waals surface area contributed by atoms with Crippen molar-refractivity contribution >= 4 is 23.1 Å². The van der Waals surface area contributed by atoms with Crippen LogP contribution in [0.15, 0.2) is 16.8 Å². The van der Waals surface area contributed by atoms with Gasteiger partial charge in [0, 0.05) is 5.25 Å². The zero-order valence-electron chi connectivity index (χ0n) is 8.89. The third kappa shape index (κ3) is 3.51. The summed E-state index contributed by atoms with van der Waals surface area (Å²) in [5, 5.41) is 14.8. The molecule has 84 valence electrons. The number of hydrogen-bond acceptors (Lipinski definition) is 3. The number of aliphatic hydroxyl groups is 1. The van der Waals surface area contributed by atoms with Crippen LogP contribution in [0.25, 0.3) is 0 Å². The highest BCUT2D eigenvalue weighted by Crippen LogP contribution is 2.29. The van der Waals surface area contributed by atoms with E-state index in [4.69, 9.17) is 0 Å². The first-order valence-corrected chi connectivity index (χ1v) is 7.66. The Hall–Kier alpha value is 0.01000. The molecule has 1 aromatic rings. The van der Waals surface area contributed by atoms with Gasteiger partial charge in [-0.15, -0.1) is 0 Å². The van der Waals surface area contributed by atoms with Crippen LogP contribution in [0, 0.1) is 0 Å². The number of hydrogen-bond donors (Lipinski definition) is 1. The summed E-state index contributed by atoms with van der Waals surface area (Å²) in [7, 11) is 0. The highest BCUT2D eigenvalue weighted by Gasteiger charge is 2.21. The molecule has 2 unspecified atom stereocenters. The molecule has 3 heteroatoms. The summed E-state index contributed by atoms with van der Waals surface area (Å²) in [5.74, 6) is 1.24. The largest absolute Gasteiger partial charge is 0.392 e. The molecule has 1 N–H and O–H groups in total. The first kappa shape index (κ1) is 11.5. The Morgan fingerprint density at radius 2 is 2.40 bits per heavy atom. The van der Waals surface area contributed by atoms with Gasteiger partial charge in [0.1, 0.15) is 0 Å². The fourth-order valence-electron chi connectivity index (χ4n) is 2.00. The van der Waals surface area contributed by atoms with E-state index in [1.54, 1.807) is 11.3 Å². The molecule has 1 fully saturated rings. The predicted molar refractivity (Wildman–Crippen MR) is 68.7 cm³/mol. The summed E-state index contributed by atoms with van der Waals surface area (Å²) in [4.78, 5) is 0. The molecular weight excluding hydrogens is 224 g/mol. The summed E-state index contributed by atoms with van der Waals surface area (Å²) in [5.41, 5.74) is 1.37. The van der Waals surface area contributed by atoms with Gasteiger partial charge in [0.25, 0.3) is 0 Å². The normalized spacial score (nSPS) is 23.9. The van der Waals surface area contributed by atoms with Crippen LogP contribution in [0.4, 0.5) is 0 Å². The van der Waals surface area contributed by atoms with Crippen molar-refractivity contribution in [3.63, 3.8) is 0 Å². The smallest absolute Gasteiger partial charge is 0.0661 e. The van der Waals surface area contributed by atoms with E-state index in [-0.39, 0.29) is 6.10 Å². The standard InChI is InChI=1S/C12H18OS2/c13-11(12-3-1-2-7-15-12)5-4-10-6-8-14-9-10/h6,8-9,11-13H,1-5,7H2. The van der Waals surface area contributed by atoms with Crippen LogP contribution in [-0.2, 0) is 6.42 Å². The van der Waals surface area contributed by atoms with Crippen LogP contribution in [-0.4, -0.2) is 22.2 Å². The van der Waals surface area contributed by atoms with Gasteiger partial charge in [-0.3, -0.25) is 0 Å². The minimum atomic E-state index is -0.102. The SMILES string of the molecule is OC(CCc1ccsc1)C1CCCCS1. The van der Waals surface area contributed by atoms with E-state index in [0.717, 1.165) is 12.8 Å². The second-order valence-electron chi connectivity index (χ2n) is 4.14. The predicted octanol–water partition coefficient (Wildman–Crippen LogP) is 3.33. The lowest BCUT2D eigenvalue weighted by atomic mass is 10.0. The third-order valence-electron chi connectivity index (χ3n) is 2.95. The number of thioether (sulfide) groups is 1. The minimum absolute atomic E-state index is 0.102. The van der Waals surface area contributed by atoms with Crippen molar-refractivity contribution in [1.29, 1.82) is 0 Å². The highest BCUT2D eigenvalue weighted by molar-refractivity contribution is 8.00. The molecule has 1 aliphatic heterocycles. The van der Waals surface area contributed by atoms with Crippen LogP contribution in [0.3, 0.4) is 0 Å². The van der Waals surface area contributed by atoms with E-state index in [1.165, 1.54) is 30.6 Å². The Bertz CT molecular complexity index is 265. The number of thiophene rings is 1. The van der Waals surface area contributed by atoms with Crippen molar-refractivity contribution in [2.24, 2.45) is 0 Å². The van der Waals surface area contributed by atoms with Crippen molar-refractivity contribution in [2.75, 3.05) is 5.75 Å². The summed E-state index contributed by atoms with van der Waals surface area (Å²) in [6.45, 7) is 0. The molecule has 2 atom stereocenters. The summed E-state index contributed by atoms with van der Waals surface area (Å²) < 4.78 is 0. The lowest BCUT2D eigenvalue weighted by molar-refractivity contribution is 0.156. The second-order valence-corrected chi connectivity index (χ2v) is 6.27. The van der Waals surface area contributed by atoms with Crippen LogP contribution in [0.2, 0.25) is 0 Å². The Labute approximate surface area is 99.9 Å². The molecule has 0 aromatic carbocycles. The lowest BCUT2D eigenvalue weighted by Crippen LogP contribution is -2.26. The molecule has 0 bridgehead atoms. The maximum atomic E-state index is 10.1. The Morgan fingerprint density at radius 1 is 1.47 bits per heavy atom. The fraction of sp³-hybridized carbons (Fsp3) is 0.667.